The van der Waals surface area contributed by atoms with Gasteiger partial charge in [0.1, 0.15) is 5.75 Å². The van der Waals surface area contributed by atoms with E-state index in [0.29, 0.717) is 0 Å². The van der Waals surface area contributed by atoms with Crippen LogP contribution in [0.2, 0.25) is 0 Å². The van der Waals surface area contributed by atoms with Gasteiger partial charge in [-0.15, -0.1) is 0 Å². The van der Waals surface area contributed by atoms with Crippen LogP contribution < -0.4 is 10.5 Å². The lowest BCUT2D eigenvalue weighted by atomic mass is 10.1. The monoisotopic (exact) mass is 321 g/mol. The van der Waals surface area contributed by atoms with E-state index in [0.717, 1.165) is 24.3 Å². The van der Waals surface area contributed by atoms with Crippen LogP contribution in [0.1, 0.15) is 82.7 Å². The van der Waals surface area contributed by atoms with Crippen LogP contribution in [-0.4, -0.2) is 18.3 Å². The second-order valence-electron chi connectivity index (χ2n) is 6.39. The summed E-state index contributed by atoms with van der Waals surface area (Å²) in [5.41, 5.74) is 6.71. The number of aliphatic hydroxyl groups excluding tert-OH is 1. The maximum Gasteiger partial charge on any atom is 0.119 e. The quantitative estimate of drug-likeness (QED) is 0.475. The molecule has 1 aromatic rings. The Labute approximate surface area is 142 Å². The standard InChI is InChI=1S/C20H35NO2/c1-2-3-4-5-6-7-8-9-10-11-16-23-19-14-12-18(13-15-19)20(21)17-22/h12-15,20,22H,2-11,16-17,21H2,1H3/t20-/m1/s1. The molecule has 0 spiro atoms. The molecule has 3 N–H and O–H groups in total. The summed E-state index contributed by atoms with van der Waals surface area (Å²) in [6, 6.07) is 7.41. The van der Waals surface area contributed by atoms with Gasteiger partial charge < -0.3 is 15.6 Å². The van der Waals surface area contributed by atoms with Gasteiger partial charge in [0.25, 0.3) is 0 Å². The first-order valence-corrected chi connectivity index (χ1v) is 9.37. The molecule has 0 amide bonds. The average molecular weight is 322 g/mol. The van der Waals surface area contributed by atoms with E-state index in [9.17, 15) is 0 Å². The molecule has 0 fully saturated rings. The van der Waals surface area contributed by atoms with Gasteiger partial charge >= 0.3 is 0 Å². The second kappa shape index (κ2) is 13.4. The molecule has 1 aromatic carbocycles. The Balaban J connectivity index is 1.96. The lowest BCUT2D eigenvalue weighted by Crippen LogP contribution is -2.14. The third-order valence-electron chi connectivity index (χ3n) is 4.27. The van der Waals surface area contributed by atoms with E-state index in [4.69, 9.17) is 15.6 Å². The predicted octanol–water partition coefficient (Wildman–Crippen LogP) is 4.98. The molecule has 0 heterocycles. The van der Waals surface area contributed by atoms with E-state index in [1.807, 2.05) is 24.3 Å². The summed E-state index contributed by atoms with van der Waals surface area (Å²) in [6.07, 6.45) is 13.4. The third-order valence-corrected chi connectivity index (χ3v) is 4.27. The summed E-state index contributed by atoms with van der Waals surface area (Å²) < 4.78 is 5.74. The number of benzene rings is 1. The van der Waals surface area contributed by atoms with Gasteiger partial charge in [0.05, 0.1) is 19.3 Å². The molecule has 3 heteroatoms. The van der Waals surface area contributed by atoms with E-state index in [2.05, 4.69) is 6.92 Å². The van der Waals surface area contributed by atoms with Crippen molar-refractivity contribution in [2.75, 3.05) is 13.2 Å². The zero-order chi connectivity index (χ0) is 16.8. The number of unbranched alkanes of at least 4 members (excludes halogenated alkanes) is 9. The Morgan fingerprint density at radius 1 is 0.870 bits per heavy atom. The molecule has 1 atom stereocenters. The lowest BCUT2D eigenvalue weighted by molar-refractivity contribution is 0.267. The molecular formula is C20H35NO2. The minimum Gasteiger partial charge on any atom is -0.494 e. The molecule has 0 radical (unpaired) electrons. The summed E-state index contributed by atoms with van der Waals surface area (Å²) in [4.78, 5) is 0. The van der Waals surface area contributed by atoms with Crippen LogP contribution in [-0.2, 0) is 0 Å². The SMILES string of the molecule is CCCCCCCCCCCCOc1ccc([C@H](N)CO)cc1. The molecule has 0 bridgehead atoms. The highest BCUT2D eigenvalue weighted by atomic mass is 16.5. The van der Waals surface area contributed by atoms with Crippen LogP contribution in [0.3, 0.4) is 0 Å². The van der Waals surface area contributed by atoms with Crippen molar-refractivity contribution < 1.29 is 9.84 Å². The maximum atomic E-state index is 9.02. The van der Waals surface area contributed by atoms with E-state index in [1.54, 1.807) is 0 Å². The zero-order valence-corrected chi connectivity index (χ0v) is 14.8. The van der Waals surface area contributed by atoms with Gasteiger partial charge in [0.2, 0.25) is 0 Å². The van der Waals surface area contributed by atoms with E-state index in [1.165, 1.54) is 57.8 Å². The molecule has 0 saturated heterocycles. The third kappa shape index (κ3) is 9.62. The van der Waals surface area contributed by atoms with E-state index in [-0.39, 0.29) is 12.6 Å². The molecule has 132 valence electrons. The molecule has 1 rings (SSSR count). The van der Waals surface area contributed by atoms with Gasteiger partial charge in [-0.2, -0.15) is 0 Å². The number of nitrogens with two attached hydrogens (primary N) is 1. The van der Waals surface area contributed by atoms with Gasteiger partial charge in [-0.3, -0.25) is 0 Å². The molecular weight excluding hydrogens is 286 g/mol. The highest BCUT2D eigenvalue weighted by Crippen LogP contribution is 2.17. The van der Waals surface area contributed by atoms with Crippen LogP contribution >= 0.6 is 0 Å². The van der Waals surface area contributed by atoms with E-state index < -0.39 is 0 Å². The second-order valence-corrected chi connectivity index (χ2v) is 6.39. The first-order valence-electron chi connectivity index (χ1n) is 9.37. The highest BCUT2D eigenvalue weighted by molar-refractivity contribution is 5.29. The van der Waals surface area contributed by atoms with Crippen molar-refractivity contribution in [2.24, 2.45) is 5.73 Å². The molecule has 0 aliphatic heterocycles. The fourth-order valence-corrected chi connectivity index (χ4v) is 2.70. The predicted molar refractivity (Wildman–Crippen MR) is 97.8 cm³/mol. The smallest absolute Gasteiger partial charge is 0.119 e. The van der Waals surface area contributed by atoms with Crippen molar-refractivity contribution >= 4 is 0 Å². The van der Waals surface area contributed by atoms with Gasteiger partial charge in [-0.05, 0) is 24.1 Å². The fourth-order valence-electron chi connectivity index (χ4n) is 2.70. The largest absolute Gasteiger partial charge is 0.494 e. The van der Waals surface area contributed by atoms with E-state index >= 15 is 0 Å². The molecule has 0 aliphatic rings. The van der Waals surface area contributed by atoms with Gasteiger partial charge in [-0.1, -0.05) is 76.8 Å². The fraction of sp³-hybridized carbons (Fsp3) is 0.700. The normalized spacial score (nSPS) is 12.3. The lowest BCUT2D eigenvalue weighted by Gasteiger charge is -2.10. The summed E-state index contributed by atoms with van der Waals surface area (Å²) in [7, 11) is 0. The van der Waals surface area contributed by atoms with Crippen molar-refractivity contribution in [2.45, 2.75) is 77.2 Å². The van der Waals surface area contributed by atoms with Crippen LogP contribution in [0.15, 0.2) is 24.3 Å². The number of ether oxygens (including phenoxy) is 1. The van der Waals surface area contributed by atoms with Crippen LogP contribution in [0.5, 0.6) is 5.75 Å². The Morgan fingerprint density at radius 2 is 1.39 bits per heavy atom. The van der Waals surface area contributed by atoms with Crippen molar-refractivity contribution in [1.82, 2.24) is 0 Å². The Hall–Kier alpha value is -1.06. The van der Waals surface area contributed by atoms with Crippen molar-refractivity contribution in [3.8, 4) is 5.75 Å². The molecule has 0 unspecified atom stereocenters. The number of hydrogen-bond donors (Lipinski definition) is 2. The first kappa shape index (κ1) is 20.0. The Bertz CT molecular complexity index is 378. The summed E-state index contributed by atoms with van der Waals surface area (Å²) in [5, 5.41) is 9.02. The molecule has 0 aliphatic carbocycles. The van der Waals surface area contributed by atoms with Crippen LogP contribution in [0.25, 0.3) is 0 Å². The number of aliphatic hydroxyl groups is 1. The van der Waals surface area contributed by atoms with Crippen molar-refractivity contribution in [1.29, 1.82) is 0 Å². The van der Waals surface area contributed by atoms with Gasteiger partial charge in [0, 0.05) is 0 Å². The average Bonchev–Trinajstić information content (AvgIpc) is 2.59. The number of rotatable bonds is 14. The Morgan fingerprint density at radius 3 is 1.91 bits per heavy atom. The minimum atomic E-state index is -0.300. The molecule has 0 aromatic heterocycles. The van der Waals surface area contributed by atoms with Crippen LogP contribution in [0, 0.1) is 0 Å². The summed E-state index contributed by atoms with van der Waals surface area (Å²) >= 11 is 0. The summed E-state index contributed by atoms with van der Waals surface area (Å²) in [5.74, 6) is 0.884. The topological polar surface area (TPSA) is 55.5 Å². The maximum absolute atomic E-state index is 9.02. The van der Waals surface area contributed by atoms with Crippen molar-refractivity contribution in [3.05, 3.63) is 29.8 Å². The van der Waals surface area contributed by atoms with Crippen LogP contribution in [0.4, 0.5) is 0 Å². The minimum absolute atomic E-state index is 0.0290. The first-order chi connectivity index (χ1) is 11.3. The van der Waals surface area contributed by atoms with Gasteiger partial charge in [0.15, 0.2) is 0 Å². The highest BCUT2D eigenvalue weighted by Gasteiger charge is 2.03. The molecule has 3 nitrogen and oxygen atoms in total. The number of hydrogen-bond acceptors (Lipinski definition) is 3. The van der Waals surface area contributed by atoms with Gasteiger partial charge in [-0.25, -0.2) is 0 Å². The van der Waals surface area contributed by atoms with Crippen molar-refractivity contribution in [3.63, 3.8) is 0 Å². The summed E-state index contributed by atoms with van der Waals surface area (Å²) in [6.45, 7) is 3.02. The molecule has 23 heavy (non-hydrogen) atoms. The molecule has 0 saturated carbocycles. The Kier molecular flexibility index (Phi) is 11.6. The zero-order valence-electron chi connectivity index (χ0n) is 14.8.